The number of furan rings is 1. The van der Waals surface area contributed by atoms with Crippen molar-refractivity contribution in [3.63, 3.8) is 0 Å². The SMILES string of the molecule is Cc1cc(C(=O)N(C)Cc2cc(C(=O)O)c(C)o2)c(C)cc1Br. The van der Waals surface area contributed by atoms with Crippen molar-refractivity contribution in [2.24, 2.45) is 0 Å². The van der Waals surface area contributed by atoms with Gasteiger partial charge < -0.3 is 14.4 Å². The Bertz CT molecular complexity index is 779. The second-order valence-corrected chi connectivity index (χ2v) is 6.42. The number of aryl methyl sites for hydroxylation is 3. The number of nitrogens with zero attached hydrogens (tertiary/aromatic N) is 1. The number of carboxylic acid groups (broad SMARTS) is 1. The third-order valence-corrected chi connectivity index (χ3v) is 4.53. The van der Waals surface area contributed by atoms with Crippen LogP contribution < -0.4 is 0 Å². The zero-order valence-electron chi connectivity index (χ0n) is 13.4. The van der Waals surface area contributed by atoms with Crippen molar-refractivity contribution in [1.29, 1.82) is 0 Å². The van der Waals surface area contributed by atoms with Gasteiger partial charge in [-0.05, 0) is 50.1 Å². The summed E-state index contributed by atoms with van der Waals surface area (Å²) in [5, 5.41) is 9.05. The van der Waals surface area contributed by atoms with E-state index in [4.69, 9.17) is 9.52 Å². The van der Waals surface area contributed by atoms with Crippen LogP contribution in [0.3, 0.4) is 0 Å². The van der Waals surface area contributed by atoms with Gasteiger partial charge in [0.1, 0.15) is 17.1 Å². The topological polar surface area (TPSA) is 70.8 Å². The highest BCUT2D eigenvalue weighted by molar-refractivity contribution is 9.10. The van der Waals surface area contributed by atoms with Crippen molar-refractivity contribution in [3.05, 3.63) is 56.4 Å². The van der Waals surface area contributed by atoms with Gasteiger partial charge in [0.15, 0.2) is 0 Å². The van der Waals surface area contributed by atoms with Gasteiger partial charge in [-0.1, -0.05) is 15.9 Å². The number of hydrogen-bond acceptors (Lipinski definition) is 3. The monoisotopic (exact) mass is 379 g/mol. The Morgan fingerprint density at radius 3 is 2.35 bits per heavy atom. The molecule has 0 saturated heterocycles. The fourth-order valence-electron chi connectivity index (χ4n) is 2.36. The Hall–Kier alpha value is -2.08. The summed E-state index contributed by atoms with van der Waals surface area (Å²) < 4.78 is 6.38. The van der Waals surface area contributed by atoms with E-state index >= 15 is 0 Å². The molecular formula is C17H18BrNO4. The zero-order valence-corrected chi connectivity index (χ0v) is 15.0. The minimum absolute atomic E-state index is 0.122. The van der Waals surface area contributed by atoms with E-state index in [-0.39, 0.29) is 18.0 Å². The number of halogens is 1. The molecule has 1 heterocycles. The average Bonchev–Trinajstić information content (AvgIpc) is 2.83. The molecule has 0 aliphatic rings. The maximum absolute atomic E-state index is 12.6. The molecule has 0 bridgehead atoms. The lowest BCUT2D eigenvalue weighted by molar-refractivity contribution is 0.0694. The smallest absolute Gasteiger partial charge is 0.339 e. The maximum Gasteiger partial charge on any atom is 0.339 e. The molecule has 6 heteroatoms. The number of benzene rings is 1. The van der Waals surface area contributed by atoms with E-state index in [9.17, 15) is 9.59 Å². The van der Waals surface area contributed by atoms with Gasteiger partial charge in [-0.3, -0.25) is 4.79 Å². The van der Waals surface area contributed by atoms with Crippen LogP contribution in [0.2, 0.25) is 0 Å². The van der Waals surface area contributed by atoms with Crippen molar-refractivity contribution < 1.29 is 19.1 Å². The molecule has 2 aromatic rings. The molecule has 0 unspecified atom stereocenters. The minimum Gasteiger partial charge on any atom is -0.478 e. The maximum atomic E-state index is 12.6. The van der Waals surface area contributed by atoms with E-state index in [1.54, 1.807) is 14.0 Å². The van der Waals surface area contributed by atoms with Crippen LogP contribution in [0.4, 0.5) is 0 Å². The summed E-state index contributed by atoms with van der Waals surface area (Å²) in [4.78, 5) is 25.2. The van der Waals surface area contributed by atoms with Crippen LogP contribution in [0.5, 0.6) is 0 Å². The third kappa shape index (κ3) is 3.64. The number of aromatic carboxylic acids is 1. The molecule has 2 rings (SSSR count). The molecule has 0 atom stereocenters. The standard InChI is InChI=1S/C17H18BrNO4/c1-9-6-15(18)10(2)5-13(9)16(20)19(4)8-12-7-14(17(21)22)11(3)23-12/h5-7H,8H2,1-4H3,(H,21,22). The van der Waals surface area contributed by atoms with Gasteiger partial charge >= 0.3 is 5.97 Å². The lowest BCUT2D eigenvalue weighted by atomic mass is 10.0. The average molecular weight is 380 g/mol. The van der Waals surface area contributed by atoms with Gasteiger partial charge in [-0.2, -0.15) is 0 Å². The molecule has 1 aromatic heterocycles. The second kappa shape index (κ2) is 6.58. The van der Waals surface area contributed by atoms with Crippen LogP contribution in [-0.4, -0.2) is 28.9 Å². The van der Waals surface area contributed by atoms with E-state index in [1.807, 2.05) is 26.0 Å². The van der Waals surface area contributed by atoms with Crippen LogP contribution in [0, 0.1) is 20.8 Å². The third-order valence-electron chi connectivity index (χ3n) is 3.67. The predicted molar refractivity (Wildman–Crippen MR) is 89.8 cm³/mol. The Morgan fingerprint density at radius 1 is 1.13 bits per heavy atom. The van der Waals surface area contributed by atoms with Crippen molar-refractivity contribution >= 4 is 27.8 Å². The Morgan fingerprint density at radius 2 is 1.78 bits per heavy atom. The van der Waals surface area contributed by atoms with E-state index in [1.165, 1.54) is 11.0 Å². The fraction of sp³-hybridized carbons (Fsp3) is 0.294. The second-order valence-electron chi connectivity index (χ2n) is 5.57. The molecule has 23 heavy (non-hydrogen) atoms. The number of amides is 1. The molecule has 0 aliphatic heterocycles. The quantitative estimate of drug-likeness (QED) is 0.872. The Balaban J connectivity index is 2.22. The molecule has 0 fully saturated rings. The van der Waals surface area contributed by atoms with Gasteiger partial charge in [0.2, 0.25) is 0 Å². The van der Waals surface area contributed by atoms with Crippen LogP contribution in [-0.2, 0) is 6.54 Å². The first-order valence-corrected chi connectivity index (χ1v) is 7.84. The predicted octanol–water partition coefficient (Wildman–Crippen LogP) is 3.94. The molecular weight excluding hydrogens is 362 g/mol. The lowest BCUT2D eigenvalue weighted by Crippen LogP contribution is -2.26. The molecule has 1 amide bonds. The highest BCUT2D eigenvalue weighted by Gasteiger charge is 2.19. The normalized spacial score (nSPS) is 10.7. The molecule has 1 N–H and O–H groups in total. The van der Waals surface area contributed by atoms with Gasteiger partial charge in [0.25, 0.3) is 5.91 Å². The van der Waals surface area contributed by atoms with E-state index < -0.39 is 5.97 Å². The summed E-state index contributed by atoms with van der Waals surface area (Å²) in [6.07, 6.45) is 0. The number of rotatable bonds is 4. The van der Waals surface area contributed by atoms with Crippen molar-refractivity contribution in [2.75, 3.05) is 7.05 Å². The van der Waals surface area contributed by atoms with Crippen molar-refractivity contribution in [3.8, 4) is 0 Å². The summed E-state index contributed by atoms with van der Waals surface area (Å²) in [5.41, 5.74) is 2.60. The van der Waals surface area contributed by atoms with E-state index in [0.717, 1.165) is 15.6 Å². The minimum atomic E-state index is -1.04. The molecule has 5 nitrogen and oxygen atoms in total. The van der Waals surface area contributed by atoms with Crippen LogP contribution >= 0.6 is 15.9 Å². The summed E-state index contributed by atoms with van der Waals surface area (Å²) >= 11 is 3.45. The first-order valence-electron chi connectivity index (χ1n) is 7.05. The molecule has 0 saturated carbocycles. The highest BCUT2D eigenvalue weighted by Crippen LogP contribution is 2.23. The first-order chi connectivity index (χ1) is 10.7. The fourth-order valence-corrected chi connectivity index (χ4v) is 2.81. The zero-order chi connectivity index (χ0) is 17.3. The number of carbonyl (C=O) groups is 2. The van der Waals surface area contributed by atoms with Gasteiger partial charge in [-0.25, -0.2) is 4.79 Å². The van der Waals surface area contributed by atoms with Crippen molar-refractivity contribution in [1.82, 2.24) is 4.90 Å². The summed E-state index contributed by atoms with van der Waals surface area (Å²) in [7, 11) is 1.66. The summed E-state index contributed by atoms with van der Waals surface area (Å²) in [5.74, 6) is -0.388. The molecule has 122 valence electrons. The molecule has 0 spiro atoms. The van der Waals surface area contributed by atoms with Crippen LogP contribution in [0.25, 0.3) is 0 Å². The first kappa shape index (κ1) is 17.3. The van der Waals surface area contributed by atoms with E-state index in [2.05, 4.69) is 15.9 Å². The Kier molecular flexibility index (Phi) is 4.94. The number of carboxylic acids is 1. The largest absolute Gasteiger partial charge is 0.478 e. The van der Waals surface area contributed by atoms with Crippen molar-refractivity contribution in [2.45, 2.75) is 27.3 Å². The van der Waals surface area contributed by atoms with E-state index in [0.29, 0.717) is 17.1 Å². The summed E-state index contributed by atoms with van der Waals surface area (Å²) in [6.45, 7) is 5.61. The number of carbonyl (C=O) groups excluding carboxylic acids is 1. The van der Waals surface area contributed by atoms with Gasteiger partial charge in [0.05, 0.1) is 6.54 Å². The van der Waals surface area contributed by atoms with Crippen LogP contribution in [0.15, 0.2) is 27.1 Å². The lowest BCUT2D eigenvalue weighted by Gasteiger charge is -2.18. The van der Waals surface area contributed by atoms with Gasteiger partial charge in [-0.15, -0.1) is 0 Å². The number of hydrogen-bond donors (Lipinski definition) is 1. The van der Waals surface area contributed by atoms with Gasteiger partial charge in [0, 0.05) is 17.1 Å². The van der Waals surface area contributed by atoms with Crippen LogP contribution in [0.1, 0.15) is 43.4 Å². The highest BCUT2D eigenvalue weighted by atomic mass is 79.9. The molecule has 1 aromatic carbocycles. The molecule has 0 aliphatic carbocycles. The Labute approximate surface area is 143 Å². The molecule has 0 radical (unpaired) electrons. The summed E-state index contributed by atoms with van der Waals surface area (Å²) in [6, 6.07) is 5.21.